The summed E-state index contributed by atoms with van der Waals surface area (Å²) in [5.41, 5.74) is 1.53. The molecule has 0 aliphatic heterocycles. The molecular formula is C18H17ClN4O3S. The Kier molecular flexibility index (Phi) is 6.10. The van der Waals surface area contributed by atoms with E-state index in [1.807, 2.05) is 24.3 Å². The van der Waals surface area contributed by atoms with Crippen LogP contribution in [-0.4, -0.2) is 29.5 Å². The van der Waals surface area contributed by atoms with Gasteiger partial charge < -0.3 is 24.6 Å². The monoisotopic (exact) mass is 404 g/mol. The fourth-order valence-electron chi connectivity index (χ4n) is 2.27. The van der Waals surface area contributed by atoms with Crippen LogP contribution in [0.1, 0.15) is 5.89 Å². The van der Waals surface area contributed by atoms with Crippen LogP contribution in [0.2, 0.25) is 5.02 Å². The molecule has 1 aromatic heterocycles. The van der Waals surface area contributed by atoms with Gasteiger partial charge >= 0.3 is 0 Å². The van der Waals surface area contributed by atoms with Crippen LogP contribution < -0.4 is 20.1 Å². The van der Waals surface area contributed by atoms with Crippen LogP contribution in [0.3, 0.4) is 0 Å². The smallest absolute Gasteiger partial charge is 0.246 e. The lowest BCUT2D eigenvalue weighted by Crippen LogP contribution is -2.28. The second-order valence-corrected chi connectivity index (χ2v) is 6.24. The second-order valence-electron chi connectivity index (χ2n) is 5.39. The number of ether oxygens (including phenoxy) is 2. The first-order valence-electron chi connectivity index (χ1n) is 7.94. The van der Waals surface area contributed by atoms with Crippen molar-refractivity contribution in [3.63, 3.8) is 0 Å². The molecule has 3 aromatic rings. The number of benzene rings is 2. The number of methoxy groups -OCH3 is 2. The number of halogens is 1. The molecular weight excluding hydrogens is 388 g/mol. The van der Waals surface area contributed by atoms with Gasteiger partial charge in [0.1, 0.15) is 11.5 Å². The standard InChI is InChI=1S/C18H17ClN4O3S/c1-24-13-7-8-14(15(9-13)25-2)21-18(27)20-10-16-22-17(23-26-16)11-3-5-12(19)6-4-11/h3-9H,10H2,1-2H3,(H2,20,21,27). The van der Waals surface area contributed by atoms with Gasteiger partial charge in [-0.1, -0.05) is 16.8 Å². The molecule has 0 amide bonds. The number of hydrogen-bond donors (Lipinski definition) is 2. The molecule has 2 aromatic carbocycles. The number of nitrogens with zero attached hydrogens (tertiary/aromatic N) is 2. The molecule has 27 heavy (non-hydrogen) atoms. The maximum Gasteiger partial charge on any atom is 0.246 e. The van der Waals surface area contributed by atoms with Crippen molar-refractivity contribution in [2.24, 2.45) is 0 Å². The Hall–Kier alpha value is -2.84. The molecule has 1 heterocycles. The third-order valence-electron chi connectivity index (χ3n) is 3.63. The van der Waals surface area contributed by atoms with Crippen molar-refractivity contribution in [1.29, 1.82) is 0 Å². The van der Waals surface area contributed by atoms with Crippen LogP contribution in [0.4, 0.5) is 5.69 Å². The van der Waals surface area contributed by atoms with Gasteiger partial charge in [-0.25, -0.2) is 0 Å². The maximum atomic E-state index is 5.88. The number of anilines is 1. The minimum Gasteiger partial charge on any atom is -0.497 e. The van der Waals surface area contributed by atoms with E-state index in [1.54, 1.807) is 32.4 Å². The fraction of sp³-hybridized carbons (Fsp3) is 0.167. The highest BCUT2D eigenvalue weighted by Crippen LogP contribution is 2.28. The molecule has 0 spiro atoms. The average molecular weight is 405 g/mol. The predicted octanol–water partition coefficient (Wildman–Crippen LogP) is 3.89. The summed E-state index contributed by atoms with van der Waals surface area (Å²) >= 11 is 11.2. The minimum atomic E-state index is 0.283. The van der Waals surface area contributed by atoms with E-state index < -0.39 is 0 Å². The molecule has 9 heteroatoms. The molecule has 0 atom stereocenters. The Morgan fingerprint density at radius 2 is 1.93 bits per heavy atom. The summed E-state index contributed by atoms with van der Waals surface area (Å²) in [6, 6.07) is 12.6. The summed E-state index contributed by atoms with van der Waals surface area (Å²) in [4.78, 5) is 4.33. The largest absolute Gasteiger partial charge is 0.497 e. The van der Waals surface area contributed by atoms with Crippen LogP contribution in [0.5, 0.6) is 11.5 Å². The first kappa shape index (κ1) is 18.9. The van der Waals surface area contributed by atoms with Gasteiger partial charge in [-0.2, -0.15) is 4.98 Å². The van der Waals surface area contributed by atoms with Crippen molar-refractivity contribution in [3.05, 3.63) is 53.4 Å². The summed E-state index contributed by atoms with van der Waals surface area (Å²) in [6.45, 7) is 0.283. The van der Waals surface area contributed by atoms with Crippen molar-refractivity contribution in [2.45, 2.75) is 6.54 Å². The Morgan fingerprint density at radius 1 is 1.15 bits per heavy atom. The summed E-state index contributed by atoms with van der Waals surface area (Å²) in [5, 5.41) is 11.1. The Labute approximate surface area is 166 Å². The van der Waals surface area contributed by atoms with Gasteiger partial charge in [-0.15, -0.1) is 0 Å². The Balaban J connectivity index is 1.59. The lowest BCUT2D eigenvalue weighted by Gasteiger charge is -2.13. The molecule has 3 rings (SSSR count). The van der Waals surface area contributed by atoms with Crippen LogP contribution in [0, 0.1) is 0 Å². The first-order chi connectivity index (χ1) is 13.1. The quantitative estimate of drug-likeness (QED) is 0.599. The zero-order chi connectivity index (χ0) is 19.2. The van der Waals surface area contributed by atoms with Crippen molar-refractivity contribution < 1.29 is 14.0 Å². The number of thiocarbonyl (C=S) groups is 1. The van der Waals surface area contributed by atoms with E-state index in [1.165, 1.54) is 0 Å². The van der Waals surface area contributed by atoms with Crippen molar-refractivity contribution >= 4 is 34.6 Å². The van der Waals surface area contributed by atoms with Crippen molar-refractivity contribution in [1.82, 2.24) is 15.5 Å². The highest BCUT2D eigenvalue weighted by atomic mass is 35.5. The molecule has 7 nitrogen and oxygen atoms in total. The number of aromatic nitrogens is 2. The van der Waals surface area contributed by atoms with Gasteiger partial charge in [0, 0.05) is 16.7 Å². The number of hydrogen-bond acceptors (Lipinski definition) is 6. The fourth-order valence-corrected chi connectivity index (χ4v) is 2.58. The van der Waals surface area contributed by atoms with E-state index in [0.29, 0.717) is 39.0 Å². The maximum absolute atomic E-state index is 5.88. The molecule has 0 aliphatic rings. The molecule has 0 aliphatic carbocycles. The Morgan fingerprint density at radius 3 is 2.63 bits per heavy atom. The summed E-state index contributed by atoms with van der Waals surface area (Å²) in [7, 11) is 3.17. The van der Waals surface area contributed by atoms with E-state index in [-0.39, 0.29) is 6.54 Å². The molecule has 0 saturated carbocycles. The molecule has 140 valence electrons. The van der Waals surface area contributed by atoms with Gasteiger partial charge in [0.25, 0.3) is 0 Å². The third kappa shape index (κ3) is 4.87. The van der Waals surface area contributed by atoms with Crippen molar-refractivity contribution in [3.8, 4) is 22.9 Å². The summed E-state index contributed by atoms with van der Waals surface area (Å²) in [5.74, 6) is 2.20. The second kappa shape index (κ2) is 8.70. The van der Waals surface area contributed by atoms with Gasteiger partial charge in [-0.3, -0.25) is 0 Å². The molecule has 0 radical (unpaired) electrons. The van der Waals surface area contributed by atoms with E-state index in [0.717, 1.165) is 5.56 Å². The van der Waals surface area contributed by atoms with Crippen LogP contribution in [0.25, 0.3) is 11.4 Å². The highest BCUT2D eigenvalue weighted by Gasteiger charge is 2.10. The number of rotatable bonds is 6. The van der Waals surface area contributed by atoms with Crippen LogP contribution >= 0.6 is 23.8 Å². The van der Waals surface area contributed by atoms with Gasteiger partial charge in [-0.05, 0) is 48.6 Å². The average Bonchev–Trinajstić information content (AvgIpc) is 3.16. The zero-order valence-corrected chi connectivity index (χ0v) is 16.2. The molecule has 0 bridgehead atoms. The minimum absolute atomic E-state index is 0.283. The van der Waals surface area contributed by atoms with Crippen LogP contribution in [-0.2, 0) is 6.54 Å². The predicted molar refractivity (Wildman–Crippen MR) is 107 cm³/mol. The lowest BCUT2D eigenvalue weighted by molar-refractivity contribution is 0.376. The number of nitrogens with one attached hydrogen (secondary N) is 2. The summed E-state index contributed by atoms with van der Waals surface area (Å²) < 4.78 is 15.7. The molecule has 0 fully saturated rings. The molecule has 0 unspecified atom stereocenters. The Bertz CT molecular complexity index is 931. The zero-order valence-electron chi connectivity index (χ0n) is 14.7. The third-order valence-corrected chi connectivity index (χ3v) is 4.13. The van der Waals surface area contributed by atoms with Crippen LogP contribution in [0.15, 0.2) is 47.0 Å². The van der Waals surface area contributed by atoms with E-state index in [9.17, 15) is 0 Å². The van der Waals surface area contributed by atoms with Gasteiger partial charge in [0.15, 0.2) is 5.11 Å². The van der Waals surface area contributed by atoms with Gasteiger partial charge in [0.2, 0.25) is 11.7 Å². The van der Waals surface area contributed by atoms with Gasteiger partial charge in [0.05, 0.1) is 26.5 Å². The molecule has 0 saturated heterocycles. The lowest BCUT2D eigenvalue weighted by atomic mass is 10.2. The summed E-state index contributed by atoms with van der Waals surface area (Å²) in [6.07, 6.45) is 0. The van der Waals surface area contributed by atoms with Crippen molar-refractivity contribution in [2.75, 3.05) is 19.5 Å². The normalized spacial score (nSPS) is 10.3. The molecule has 2 N–H and O–H groups in total. The first-order valence-corrected chi connectivity index (χ1v) is 8.73. The van der Waals surface area contributed by atoms with E-state index in [2.05, 4.69) is 20.8 Å². The van der Waals surface area contributed by atoms with E-state index in [4.69, 9.17) is 37.8 Å². The highest BCUT2D eigenvalue weighted by molar-refractivity contribution is 7.80. The van der Waals surface area contributed by atoms with E-state index >= 15 is 0 Å². The SMILES string of the molecule is COc1ccc(NC(=S)NCc2nc(-c3ccc(Cl)cc3)no2)c(OC)c1. The topological polar surface area (TPSA) is 81.4 Å².